The summed E-state index contributed by atoms with van der Waals surface area (Å²) in [6, 6.07) is 15.8. The number of rotatable bonds is 9. The number of hydrogen-bond donors (Lipinski definition) is 2. The van der Waals surface area contributed by atoms with E-state index < -0.39 is 0 Å². The minimum absolute atomic E-state index is 0. The van der Waals surface area contributed by atoms with Crippen LogP contribution in [0.1, 0.15) is 6.42 Å². The molecule has 5 heterocycles. The highest BCUT2D eigenvalue weighted by Gasteiger charge is 2.23. The van der Waals surface area contributed by atoms with Crippen molar-refractivity contribution in [2.45, 2.75) is 6.42 Å². The van der Waals surface area contributed by atoms with E-state index in [0.717, 1.165) is 29.6 Å². The maximum atomic E-state index is 6.23. The molecule has 0 unspecified atom stereocenters. The van der Waals surface area contributed by atoms with Crippen molar-refractivity contribution >= 4 is 52.2 Å². The predicted molar refractivity (Wildman–Crippen MR) is 153 cm³/mol. The van der Waals surface area contributed by atoms with Gasteiger partial charge in [0.2, 0.25) is 17.5 Å². The summed E-state index contributed by atoms with van der Waals surface area (Å²) < 4.78 is 17.7. The lowest BCUT2D eigenvalue weighted by molar-refractivity contribution is 0.122. The number of hydrogen-bond acceptors (Lipinski definition) is 10. The summed E-state index contributed by atoms with van der Waals surface area (Å²) in [5.41, 5.74) is 3.70. The third kappa shape index (κ3) is 5.90. The van der Waals surface area contributed by atoms with E-state index in [0.29, 0.717) is 73.2 Å². The first-order valence-electron chi connectivity index (χ1n) is 12.7. The molecule has 0 spiro atoms. The molecule has 39 heavy (non-hydrogen) atoms. The Morgan fingerprint density at radius 1 is 1.05 bits per heavy atom. The first-order valence-corrected chi connectivity index (χ1v) is 12.7. The van der Waals surface area contributed by atoms with Gasteiger partial charge in [0, 0.05) is 31.8 Å². The minimum atomic E-state index is 0. The monoisotopic (exact) mass is 550 g/mol. The summed E-state index contributed by atoms with van der Waals surface area (Å²) >= 11 is 0. The summed E-state index contributed by atoms with van der Waals surface area (Å²) in [4.78, 5) is 18.5. The van der Waals surface area contributed by atoms with E-state index in [2.05, 4.69) is 30.3 Å². The molecule has 1 fully saturated rings. The Labute approximate surface area is 231 Å². The maximum Gasteiger partial charge on any atom is 0.232 e. The van der Waals surface area contributed by atoms with Gasteiger partial charge in [0.05, 0.1) is 30.9 Å². The molecule has 0 atom stereocenters. The van der Waals surface area contributed by atoms with Crippen LogP contribution in [-0.4, -0.2) is 83.6 Å². The van der Waals surface area contributed by atoms with Gasteiger partial charge in [-0.05, 0) is 32.1 Å². The molecular formula is C27H31ClN8O3. The molecule has 0 radical (unpaired) electrons. The predicted octanol–water partition coefficient (Wildman–Crippen LogP) is 4.49. The van der Waals surface area contributed by atoms with Gasteiger partial charge in [-0.3, -0.25) is 5.10 Å². The average Bonchev–Trinajstić information content (AvgIpc) is 3.56. The van der Waals surface area contributed by atoms with Crippen LogP contribution < -0.4 is 15.0 Å². The molecule has 1 aliphatic rings. The summed E-state index contributed by atoms with van der Waals surface area (Å²) in [5, 5.41) is 11.5. The van der Waals surface area contributed by atoms with Crippen molar-refractivity contribution in [1.82, 2.24) is 30.0 Å². The second-order valence-electron chi connectivity index (χ2n) is 9.42. The Morgan fingerprint density at radius 2 is 1.87 bits per heavy atom. The number of H-pyrrole nitrogens is 1. The lowest BCUT2D eigenvalue weighted by Crippen LogP contribution is -2.37. The van der Waals surface area contributed by atoms with Gasteiger partial charge in [-0.1, -0.05) is 30.3 Å². The molecule has 0 amide bonds. The summed E-state index contributed by atoms with van der Waals surface area (Å²) in [6.07, 6.45) is 0.910. The van der Waals surface area contributed by atoms with Gasteiger partial charge < -0.3 is 29.0 Å². The Hall–Kier alpha value is -3.93. The number of aromatic nitrogens is 5. The SMILES string of the molecule is CN(C)CCCOc1ccc2c(n1)oc1c(N3CCOCC3)nc(Nc3cc(-c4ccccc4)[nH]n3)nc12.Cl. The largest absolute Gasteiger partial charge is 0.478 e. The van der Waals surface area contributed by atoms with Crippen molar-refractivity contribution in [3.05, 3.63) is 48.5 Å². The Bertz CT molecular complexity index is 1530. The van der Waals surface area contributed by atoms with Crippen LogP contribution in [-0.2, 0) is 4.74 Å². The van der Waals surface area contributed by atoms with Crippen molar-refractivity contribution in [3.8, 4) is 17.1 Å². The number of benzene rings is 1. The van der Waals surface area contributed by atoms with E-state index in [1.807, 2.05) is 62.6 Å². The zero-order valence-electron chi connectivity index (χ0n) is 21.9. The Morgan fingerprint density at radius 3 is 2.67 bits per heavy atom. The Kier molecular flexibility index (Phi) is 8.10. The van der Waals surface area contributed by atoms with E-state index >= 15 is 0 Å². The average molecular weight is 551 g/mol. The number of nitrogens with one attached hydrogen (secondary N) is 2. The molecule has 6 rings (SSSR count). The third-order valence-corrected chi connectivity index (χ3v) is 6.35. The molecule has 12 heteroatoms. The van der Waals surface area contributed by atoms with E-state index in [-0.39, 0.29) is 12.4 Å². The third-order valence-electron chi connectivity index (χ3n) is 6.35. The normalized spacial score (nSPS) is 13.7. The maximum absolute atomic E-state index is 6.23. The Balaban J connectivity index is 0.00000308. The summed E-state index contributed by atoms with van der Waals surface area (Å²) in [7, 11) is 4.09. The van der Waals surface area contributed by atoms with Crippen LogP contribution in [0, 0.1) is 0 Å². The number of anilines is 3. The van der Waals surface area contributed by atoms with Crippen molar-refractivity contribution < 1.29 is 13.9 Å². The van der Waals surface area contributed by atoms with Crippen LogP contribution in [0.4, 0.5) is 17.6 Å². The molecule has 4 aromatic heterocycles. The topological polar surface area (TPSA) is 117 Å². The number of pyridine rings is 1. The zero-order chi connectivity index (χ0) is 25.9. The van der Waals surface area contributed by atoms with Crippen LogP contribution in [0.2, 0.25) is 0 Å². The summed E-state index contributed by atoms with van der Waals surface area (Å²) in [6.45, 7) is 4.19. The number of aromatic amines is 1. The number of halogens is 1. The van der Waals surface area contributed by atoms with Crippen LogP contribution in [0.3, 0.4) is 0 Å². The van der Waals surface area contributed by atoms with Crippen molar-refractivity contribution in [2.75, 3.05) is 63.8 Å². The standard InChI is InChI=1S/C27H30N8O3.ClH/c1-34(2)11-6-14-37-22-10-9-19-23-24(38-26(19)29-22)25(35-12-15-36-16-13-35)31-27(30-23)28-21-17-20(32-33-21)18-7-4-3-5-8-18;/h3-5,7-10,17H,6,11-16H2,1-2H3,(H2,28,30,31,32,33);1H. The molecule has 1 saturated heterocycles. The zero-order valence-corrected chi connectivity index (χ0v) is 22.7. The lowest BCUT2D eigenvalue weighted by atomic mass is 10.2. The van der Waals surface area contributed by atoms with Crippen molar-refractivity contribution in [3.63, 3.8) is 0 Å². The molecule has 0 aliphatic carbocycles. The van der Waals surface area contributed by atoms with Crippen LogP contribution in [0.5, 0.6) is 5.88 Å². The molecule has 1 aliphatic heterocycles. The lowest BCUT2D eigenvalue weighted by Gasteiger charge is -2.27. The quantitative estimate of drug-likeness (QED) is 0.254. The second-order valence-corrected chi connectivity index (χ2v) is 9.42. The smallest absolute Gasteiger partial charge is 0.232 e. The van der Waals surface area contributed by atoms with E-state index in [1.165, 1.54) is 0 Å². The van der Waals surface area contributed by atoms with Gasteiger partial charge in [-0.25, -0.2) is 4.98 Å². The van der Waals surface area contributed by atoms with E-state index in [4.69, 9.17) is 23.9 Å². The molecular weight excluding hydrogens is 520 g/mol. The molecule has 2 N–H and O–H groups in total. The van der Waals surface area contributed by atoms with Crippen LogP contribution in [0.25, 0.3) is 33.5 Å². The molecule has 1 aromatic carbocycles. The molecule has 0 bridgehead atoms. The second kappa shape index (κ2) is 11.9. The first kappa shape index (κ1) is 26.7. The van der Waals surface area contributed by atoms with Gasteiger partial charge in [0.25, 0.3) is 0 Å². The van der Waals surface area contributed by atoms with E-state index in [1.54, 1.807) is 0 Å². The minimum Gasteiger partial charge on any atom is -0.478 e. The molecule has 5 aromatic rings. The van der Waals surface area contributed by atoms with Crippen LogP contribution in [0.15, 0.2) is 52.9 Å². The molecule has 204 valence electrons. The highest BCUT2D eigenvalue weighted by atomic mass is 35.5. The number of morpholine rings is 1. The van der Waals surface area contributed by atoms with Gasteiger partial charge in [0.1, 0.15) is 5.52 Å². The molecule has 11 nitrogen and oxygen atoms in total. The van der Waals surface area contributed by atoms with Crippen molar-refractivity contribution in [1.29, 1.82) is 0 Å². The number of furan rings is 1. The molecule has 0 saturated carbocycles. The highest BCUT2D eigenvalue weighted by Crippen LogP contribution is 2.35. The van der Waals surface area contributed by atoms with Gasteiger partial charge in [-0.2, -0.15) is 15.1 Å². The fourth-order valence-corrected chi connectivity index (χ4v) is 4.44. The van der Waals surface area contributed by atoms with E-state index in [9.17, 15) is 0 Å². The van der Waals surface area contributed by atoms with Crippen molar-refractivity contribution in [2.24, 2.45) is 0 Å². The first-order chi connectivity index (χ1) is 18.6. The fraction of sp³-hybridized carbons (Fsp3) is 0.333. The van der Waals surface area contributed by atoms with Gasteiger partial charge >= 0.3 is 0 Å². The summed E-state index contributed by atoms with van der Waals surface area (Å²) in [5.74, 6) is 2.28. The number of ether oxygens (including phenoxy) is 2. The van der Waals surface area contributed by atoms with Gasteiger partial charge in [0.15, 0.2) is 17.2 Å². The number of nitrogens with zero attached hydrogens (tertiary/aromatic N) is 6. The highest BCUT2D eigenvalue weighted by molar-refractivity contribution is 6.05. The van der Waals surface area contributed by atoms with Crippen LogP contribution >= 0.6 is 12.4 Å². The van der Waals surface area contributed by atoms with Gasteiger partial charge in [-0.15, -0.1) is 12.4 Å². The fourth-order valence-electron chi connectivity index (χ4n) is 4.44. The number of fused-ring (bicyclic) bond motifs is 3.